The van der Waals surface area contributed by atoms with Gasteiger partial charge >= 0.3 is 0 Å². The molecule has 0 fully saturated rings. The molecule has 1 aromatic rings. The van der Waals surface area contributed by atoms with Crippen LogP contribution < -0.4 is 11.5 Å². The van der Waals surface area contributed by atoms with Gasteiger partial charge in [0.05, 0.1) is 0 Å². The number of hydrogen-bond acceptors (Lipinski definition) is 3. The average molecular weight is 429 g/mol. The maximum Gasteiger partial charge on any atom is 0.159 e. The number of nitrogens with two attached hydrogens (primary N) is 2. The SMILES string of the molecule is C=C/C=C(\C=C/C)c1c(CN)cc(C(C)=O)cc1CN.CCC.CCC(C)C(C)(C)C. The van der Waals surface area contributed by atoms with Gasteiger partial charge in [-0.25, -0.2) is 0 Å². The zero-order valence-corrected chi connectivity index (χ0v) is 21.6. The minimum atomic E-state index is 0.0150. The predicted octanol–water partition coefficient (Wildman–Crippen LogP) is 7.45. The lowest BCUT2D eigenvalue weighted by atomic mass is 9.81. The van der Waals surface area contributed by atoms with Gasteiger partial charge in [0.25, 0.3) is 0 Å². The van der Waals surface area contributed by atoms with Gasteiger partial charge < -0.3 is 11.5 Å². The third-order valence-corrected chi connectivity index (χ3v) is 5.17. The third kappa shape index (κ3) is 11.9. The van der Waals surface area contributed by atoms with Gasteiger partial charge in [0.2, 0.25) is 0 Å². The van der Waals surface area contributed by atoms with Gasteiger partial charge in [-0.15, -0.1) is 0 Å². The molecule has 0 aliphatic rings. The molecular weight excluding hydrogens is 380 g/mol. The summed E-state index contributed by atoms with van der Waals surface area (Å²) in [5.74, 6) is 0.865. The van der Waals surface area contributed by atoms with Crippen LogP contribution in [0.4, 0.5) is 0 Å². The molecule has 1 atom stereocenters. The lowest BCUT2D eigenvalue weighted by Gasteiger charge is -2.25. The molecule has 0 heterocycles. The lowest BCUT2D eigenvalue weighted by Crippen LogP contribution is -2.15. The Hall–Kier alpha value is -1.97. The quantitative estimate of drug-likeness (QED) is 0.350. The van der Waals surface area contributed by atoms with Gasteiger partial charge in [-0.2, -0.15) is 0 Å². The second kappa shape index (κ2) is 16.7. The molecule has 0 saturated carbocycles. The molecule has 0 amide bonds. The Labute approximate surface area is 192 Å². The van der Waals surface area contributed by atoms with E-state index in [1.165, 1.54) is 12.8 Å². The second-order valence-electron chi connectivity index (χ2n) is 8.87. The molecule has 176 valence electrons. The van der Waals surface area contributed by atoms with Crippen LogP contribution in [-0.2, 0) is 13.1 Å². The average Bonchev–Trinajstić information content (AvgIpc) is 2.72. The summed E-state index contributed by atoms with van der Waals surface area (Å²) in [7, 11) is 0. The van der Waals surface area contributed by atoms with Crippen molar-refractivity contribution in [2.45, 2.75) is 88.2 Å². The summed E-state index contributed by atoms with van der Waals surface area (Å²) in [6.07, 6.45) is 10.1. The van der Waals surface area contributed by atoms with E-state index in [0.717, 1.165) is 28.2 Å². The van der Waals surface area contributed by atoms with Crippen molar-refractivity contribution < 1.29 is 4.79 Å². The largest absolute Gasteiger partial charge is 0.326 e. The van der Waals surface area contributed by atoms with E-state index < -0.39 is 0 Å². The minimum absolute atomic E-state index is 0.0150. The summed E-state index contributed by atoms with van der Waals surface area (Å²) in [5, 5.41) is 0. The summed E-state index contributed by atoms with van der Waals surface area (Å²) in [6, 6.07) is 3.69. The second-order valence-corrected chi connectivity index (χ2v) is 8.87. The molecule has 1 rings (SSSR count). The summed E-state index contributed by atoms with van der Waals surface area (Å²) in [5.41, 5.74) is 16.7. The first-order chi connectivity index (χ1) is 14.5. The minimum Gasteiger partial charge on any atom is -0.326 e. The van der Waals surface area contributed by atoms with E-state index in [4.69, 9.17) is 11.5 Å². The highest BCUT2D eigenvalue weighted by Gasteiger charge is 2.17. The highest BCUT2D eigenvalue weighted by molar-refractivity contribution is 5.95. The monoisotopic (exact) mass is 428 g/mol. The smallest absolute Gasteiger partial charge is 0.159 e. The van der Waals surface area contributed by atoms with Crippen LogP contribution >= 0.6 is 0 Å². The van der Waals surface area contributed by atoms with Crippen LogP contribution in [0.25, 0.3) is 5.57 Å². The highest BCUT2D eigenvalue weighted by atomic mass is 16.1. The first kappa shape index (κ1) is 31.2. The first-order valence-electron chi connectivity index (χ1n) is 11.5. The van der Waals surface area contributed by atoms with Crippen LogP contribution in [0.1, 0.15) is 102 Å². The fourth-order valence-corrected chi connectivity index (χ4v) is 2.80. The Bertz CT molecular complexity index is 696. The first-order valence-corrected chi connectivity index (χ1v) is 11.5. The van der Waals surface area contributed by atoms with Crippen LogP contribution in [0.5, 0.6) is 0 Å². The number of allylic oxidation sites excluding steroid dienone is 5. The normalized spacial score (nSPS) is 12.4. The molecule has 3 nitrogen and oxygen atoms in total. The molecule has 0 aromatic heterocycles. The van der Waals surface area contributed by atoms with Crippen LogP contribution in [0.15, 0.2) is 43.0 Å². The molecular formula is C28H48N2O. The van der Waals surface area contributed by atoms with Crippen molar-refractivity contribution in [1.29, 1.82) is 0 Å². The van der Waals surface area contributed by atoms with Gasteiger partial charge in [-0.05, 0) is 59.6 Å². The number of Topliss-reactive ketones (excluding diaryl/α,β-unsaturated/α-hetero) is 1. The van der Waals surface area contributed by atoms with Crippen molar-refractivity contribution in [3.8, 4) is 0 Å². The molecule has 0 aliphatic carbocycles. The Morgan fingerprint density at radius 1 is 1.10 bits per heavy atom. The summed E-state index contributed by atoms with van der Waals surface area (Å²) in [6.45, 7) is 23.6. The predicted molar refractivity (Wildman–Crippen MR) is 140 cm³/mol. The Kier molecular flexibility index (Phi) is 16.8. The molecule has 0 saturated heterocycles. The van der Waals surface area contributed by atoms with Crippen molar-refractivity contribution >= 4 is 11.4 Å². The van der Waals surface area contributed by atoms with Crippen LogP contribution in [0.3, 0.4) is 0 Å². The van der Waals surface area contributed by atoms with E-state index in [9.17, 15) is 4.79 Å². The summed E-state index contributed by atoms with van der Waals surface area (Å²) >= 11 is 0. The van der Waals surface area contributed by atoms with Crippen molar-refractivity contribution in [1.82, 2.24) is 0 Å². The maximum absolute atomic E-state index is 11.6. The van der Waals surface area contributed by atoms with Gasteiger partial charge in [0, 0.05) is 18.7 Å². The van der Waals surface area contributed by atoms with E-state index in [-0.39, 0.29) is 5.78 Å². The fourth-order valence-electron chi connectivity index (χ4n) is 2.80. The van der Waals surface area contributed by atoms with Crippen molar-refractivity contribution in [2.75, 3.05) is 0 Å². The topological polar surface area (TPSA) is 69.1 Å². The van der Waals surface area contributed by atoms with E-state index in [2.05, 4.69) is 55.0 Å². The molecule has 0 aliphatic heterocycles. The van der Waals surface area contributed by atoms with Crippen LogP contribution in [0.2, 0.25) is 0 Å². The number of hydrogen-bond donors (Lipinski definition) is 2. The Balaban J connectivity index is 0. The Morgan fingerprint density at radius 2 is 1.55 bits per heavy atom. The third-order valence-electron chi connectivity index (χ3n) is 5.17. The highest BCUT2D eigenvalue weighted by Crippen LogP contribution is 2.28. The van der Waals surface area contributed by atoms with Gasteiger partial charge in [0.1, 0.15) is 0 Å². The van der Waals surface area contributed by atoms with Crippen molar-refractivity contribution in [3.05, 3.63) is 65.3 Å². The standard InChI is InChI=1S/C17H22N2O.C8H18.C3H8/c1-4-6-13(7-5-2)17-15(10-18)8-14(12(3)20)9-16(17)11-19;1-6-7(2)8(3,4)5;1-3-2/h4-9H,1,10-11,18-19H2,2-3H3;7H,6H2,1-5H3;3H2,1-2H3/b7-5-,13-6+;;. The molecule has 4 N–H and O–H groups in total. The molecule has 3 heteroatoms. The number of ketones is 1. The van der Waals surface area contributed by atoms with E-state index in [1.54, 1.807) is 13.0 Å². The van der Waals surface area contributed by atoms with Crippen molar-refractivity contribution in [3.63, 3.8) is 0 Å². The number of carbonyl (C=O) groups excluding carboxylic acids is 1. The zero-order chi connectivity index (χ0) is 24.6. The number of carbonyl (C=O) groups is 1. The molecule has 0 radical (unpaired) electrons. The maximum atomic E-state index is 11.6. The molecule has 0 spiro atoms. The molecule has 31 heavy (non-hydrogen) atoms. The van der Waals surface area contributed by atoms with Crippen LogP contribution in [-0.4, -0.2) is 5.78 Å². The molecule has 1 unspecified atom stereocenters. The summed E-state index contributed by atoms with van der Waals surface area (Å²) in [4.78, 5) is 11.6. The Morgan fingerprint density at radius 3 is 1.77 bits per heavy atom. The van der Waals surface area contributed by atoms with E-state index >= 15 is 0 Å². The number of benzene rings is 1. The van der Waals surface area contributed by atoms with Crippen molar-refractivity contribution in [2.24, 2.45) is 22.8 Å². The van der Waals surface area contributed by atoms with Gasteiger partial charge in [-0.1, -0.05) is 92.2 Å². The van der Waals surface area contributed by atoms with Crippen LogP contribution in [0, 0.1) is 11.3 Å². The molecule has 1 aromatic carbocycles. The number of rotatable bonds is 7. The lowest BCUT2D eigenvalue weighted by molar-refractivity contribution is 0.101. The molecule has 0 bridgehead atoms. The fraction of sp³-hybridized carbons (Fsp3) is 0.536. The van der Waals surface area contributed by atoms with Gasteiger partial charge in [0.15, 0.2) is 5.78 Å². The zero-order valence-electron chi connectivity index (χ0n) is 21.6. The summed E-state index contributed by atoms with van der Waals surface area (Å²) < 4.78 is 0. The van der Waals surface area contributed by atoms with E-state index in [0.29, 0.717) is 24.1 Å². The van der Waals surface area contributed by atoms with Gasteiger partial charge in [-0.3, -0.25) is 4.79 Å². The van der Waals surface area contributed by atoms with E-state index in [1.807, 2.05) is 37.3 Å².